The van der Waals surface area contributed by atoms with Crippen LogP contribution in [0.3, 0.4) is 0 Å². The van der Waals surface area contributed by atoms with E-state index in [0.717, 1.165) is 37.2 Å². The summed E-state index contributed by atoms with van der Waals surface area (Å²) in [6, 6.07) is -0.276. The van der Waals surface area contributed by atoms with Gasteiger partial charge in [-0.05, 0) is 38.0 Å². The Morgan fingerprint density at radius 1 is 1.55 bits per heavy atom. The average molecular weight is 308 g/mol. The largest absolute Gasteiger partial charge is 0.394 e. The summed E-state index contributed by atoms with van der Waals surface area (Å²) in [5, 5.41) is 19.7. The number of hydrogen-bond acceptors (Lipinski definition) is 3. The molecule has 1 aromatic rings. The van der Waals surface area contributed by atoms with E-state index in [4.69, 9.17) is 0 Å². The Balaban J connectivity index is 2.03. The highest BCUT2D eigenvalue weighted by Crippen LogP contribution is 2.39. The van der Waals surface area contributed by atoms with E-state index in [1.54, 1.807) is 6.20 Å². The molecule has 6 nitrogen and oxygen atoms in total. The summed E-state index contributed by atoms with van der Waals surface area (Å²) in [7, 11) is 0. The molecule has 6 heteroatoms. The molecule has 1 saturated carbocycles. The van der Waals surface area contributed by atoms with Crippen molar-refractivity contribution < 1.29 is 9.90 Å². The number of carbonyl (C=O) groups excluding carboxylic acids is 1. The Labute approximate surface area is 132 Å². The third-order valence-electron chi connectivity index (χ3n) is 4.28. The number of nitrogens with zero attached hydrogens (tertiary/aromatic N) is 2. The second-order valence-corrected chi connectivity index (χ2v) is 6.86. The molecule has 1 atom stereocenters. The Bertz CT molecular complexity index is 522. The zero-order chi connectivity index (χ0) is 16.3. The van der Waals surface area contributed by atoms with Crippen LogP contribution in [0.1, 0.15) is 46.2 Å². The fourth-order valence-electron chi connectivity index (χ4n) is 2.80. The van der Waals surface area contributed by atoms with Crippen LogP contribution in [0.15, 0.2) is 6.20 Å². The molecule has 0 spiro atoms. The van der Waals surface area contributed by atoms with Crippen LogP contribution in [0.25, 0.3) is 0 Å². The van der Waals surface area contributed by atoms with Crippen LogP contribution >= 0.6 is 0 Å². The van der Waals surface area contributed by atoms with Gasteiger partial charge in [0.25, 0.3) is 0 Å². The molecule has 3 N–H and O–H groups in total. The number of urea groups is 1. The maximum absolute atomic E-state index is 12.2. The molecule has 1 fully saturated rings. The highest BCUT2D eigenvalue weighted by Gasteiger charge is 2.42. The minimum atomic E-state index is -0.537. The Morgan fingerprint density at radius 2 is 2.23 bits per heavy atom. The first-order valence-corrected chi connectivity index (χ1v) is 8.14. The molecule has 2 rings (SSSR count). The van der Waals surface area contributed by atoms with E-state index < -0.39 is 5.54 Å². The molecule has 0 bridgehead atoms. The molecule has 1 unspecified atom stereocenters. The molecule has 0 radical (unpaired) electrons. The predicted molar refractivity (Wildman–Crippen MR) is 86.8 cm³/mol. The molecule has 0 aromatic carbocycles. The topological polar surface area (TPSA) is 79.2 Å². The summed E-state index contributed by atoms with van der Waals surface area (Å²) < 4.78 is 1.95. The van der Waals surface area contributed by atoms with Crippen molar-refractivity contribution in [3.8, 4) is 0 Å². The van der Waals surface area contributed by atoms with Gasteiger partial charge in [-0.3, -0.25) is 4.68 Å². The lowest BCUT2D eigenvalue weighted by Gasteiger charge is -2.28. The van der Waals surface area contributed by atoms with E-state index in [0.29, 0.717) is 11.8 Å². The zero-order valence-corrected chi connectivity index (χ0v) is 14.0. The van der Waals surface area contributed by atoms with Gasteiger partial charge in [0.05, 0.1) is 29.7 Å². The number of hydrogen-bond donors (Lipinski definition) is 3. The third kappa shape index (κ3) is 3.80. The average Bonchev–Trinajstić information content (AvgIpc) is 3.24. The predicted octanol–water partition coefficient (Wildman–Crippen LogP) is 2.38. The van der Waals surface area contributed by atoms with Crippen LogP contribution in [0.2, 0.25) is 0 Å². The minimum absolute atomic E-state index is 0.0433. The van der Waals surface area contributed by atoms with E-state index >= 15 is 0 Å². The number of carbonyl (C=O) groups is 1. The van der Waals surface area contributed by atoms with Crippen molar-refractivity contribution in [2.45, 2.75) is 59.0 Å². The minimum Gasteiger partial charge on any atom is -0.394 e. The summed E-state index contributed by atoms with van der Waals surface area (Å²) in [5.74, 6) is 0.872. The first kappa shape index (κ1) is 16.8. The zero-order valence-electron chi connectivity index (χ0n) is 14.0. The third-order valence-corrected chi connectivity index (χ3v) is 4.28. The van der Waals surface area contributed by atoms with Gasteiger partial charge in [-0.15, -0.1) is 0 Å². The summed E-state index contributed by atoms with van der Waals surface area (Å²) in [4.78, 5) is 12.2. The molecule has 0 aliphatic heterocycles. The van der Waals surface area contributed by atoms with Crippen molar-refractivity contribution in [3.05, 3.63) is 11.9 Å². The monoisotopic (exact) mass is 308 g/mol. The standard InChI is InChI=1S/C16H28N4O2/c1-5-14-13(8-17-20(14)9-11(2)3)18-15(22)19-16(4,10-21)12-6-7-12/h8,11-12,21H,5-7,9-10H2,1-4H3,(H2,18,19,22). The van der Waals surface area contributed by atoms with E-state index in [2.05, 4.69) is 36.5 Å². The van der Waals surface area contributed by atoms with Gasteiger partial charge >= 0.3 is 6.03 Å². The molecular formula is C16H28N4O2. The quantitative estimate of drug-likeness (QED) is 0.723. The van der Waals surface area contributed by atoms with Crippen LogP contribution in [-0.2, 0) is 13.0 Å². The van der Waals surface area contributed by atoms with Gasteiger partial charge in [0, 0.05) is 6.54 Å². The van der Waals surface area contributed by atoms with Crippen molar-refractivity contribution >= 4 is 11.7 Å². The van der Waals surface area contributed by atoms with Crippen LogP contribution < -0.4 is 10.6 Å². The molecular weight excluding hydrogens is 280 g/mol. The van der Waals surface area contributed by atoms with E-state index in [1.165, 1.54) is 0 Å². The van der Waals surface area contributed by atoms with Crippen LogP contribution in [0, 0.1) is 11.8 Å². The van der Waals surface area contributed by atoms with Crippen LogP contribution in [-0.4, -0.2) is 33.1 Å². The molecule has 124 valence electrons. The summed E-state index contributed by atoms with van der Waals surface area (Å²) in [6.45, 7) is 9.03. The molecule has 0 saturated heterocycles. The number of aromatic nitrogens is 2. The molecule has 1 aromatic heterocycles. The van der Waals surface area contributed by atoms with Gasteiger partial charge in [-0.25, -0.2) is 4.79 Å². The van der Waals surface area contributed by atoms with E-state index in [9.17, 15) is 9.90 Å². The SMILES string of the molecule is CCc1c(NC(=O)NC(C)(CO)C2CC2)cnn1CC(C)C. The lowest BCUT2D eigenvalue weighted by molar-refractivity contribution is 0.159. The van der Waals surface area contributed by atoms with Gasteiger partial charge in [0.1, 0.15) is 0 Å². The van der Waals surface area contributed by atoms with Crippen LogP contribution in [0.5, 0.6) is 0 Å². The van der Waals surface area contributed by atoms with E-state index in [-0.39, 0.29) is 12.6 Å². The normalized spacial score (nSPS) is 17.4. The second kappa shape index (κ2) is 6.69. The second-order valence-electron chi connectivity index (χ2n) is 6.86. The number of aliphatic hydroxyl groups excluding tert-OH is 1. The molecule has 1 aliphatic rings. The van der Waals surface area contributed by atoms with Gasteiger partial charge in [-0.1, -0.05) is 20.8 Å². The maximum Gasteiger partial charge on any atom is 0.319 e. The van der Waals surface area contributed by atoms with Crippen LogP contribution in [0.4, 0.5) is 10.5 Å². The van der Waals surface area contributed by atoms with Gasteiger partial charge in [0.15, 0.2) is 0 Å². The van der Waals surface area contributed by atoms with E-state index in [1.807, 2.05) is 11.6 Å². The van der Waals surface area contributed by atoms with Gasteiger partial charge in [0.2, 0.25) is 0 Å². The molecule has 1 heterocycles. The Kier molecular flexibility index (Phi) is 5.11. The number of aliphatic hydroxyl groups is 1. The van der Waals surface area contributed by atoms with Crippen molar-refractivity contribution in [2.75, 3.05) is 11.9 Å². The highest BCUT2D eigenvalue weighted by molar-refractivity contribution is 5.90. The first-order valence-electron chi connectivity index (χ1n) is 8.14. The van der Waals surface area contributed by atoms with Gasteiger partial charge in [-0.2, -0.15) is 5.10 Å². The van der Waals surface area contributed by atoms with Crippen molar-refractivity contribution in [3.63, 3.8) is 0 Å². The lowest BCUT2D eigenvalue weighted by Crippen LogP contribution is -2.52. The lowest BCUT2D eigenvalue weighted by atomic mass is 9.97. The first-order chi connectivity index (χ1) is 10.4. The van der Waals surface area contributed by atoms with Crippen molar-refractivity contribution in [1.29, 1.82) is 0 Å². The van der Waals surface area contributed by atoms with Gasteiger partial charge < -0.3 is 15.7 Å². The molecule has 1 aliphatic carbocycles. The highest BCUT2D eigenvalue weighted by atomic mass is 16.3. The fourth-order valence-corrected chi connectivity index (χ4v) is 2.80. The van der Waals surface area contributed by atoms with Crippen molar-refractivity contribution in [1.82, 2.24) is 15.1 Å². The molecule has 2 amide bonds. The number of anilines is 1. The Morgan fingerprint density at radius 3 is 2.73 bits per heavy atom. The summed E-state index contributed by atoms with van der Waals surface area (Å²) in [5.41, 5.74) is 1.24. The molecule has 22 heavy (non-hydrogen) atoms. The number of nitrogens with one attached hydrogen (secondary N) is 2. The number of rotatable bonds is 7. The number of amides is 2. The fraction of sp³-hybridized carbons (Fsp3) is 0.750. The Hall–Kier alpha value is -1.56. The summed E-state index contributed by atoms with van der Waals surface area (Å²) >= 11 is 0. The smallest absolute Gasteiger partial charge is 0.319 e. The maximum atomic E-state index is 12.2. The summed E-state index contributed by atoms with van der Waals surface area (Å²) in [6.07, 6.45) is 4.63. The van der Waals surface area contributed by atoms with Crippen molar-refractivity contribution in [2.24, 2.45) is 11.8 Å².